The van der Waals surface area contributed by atoms with Crippen molar-refractivity contribution in [2.75, 3.05) is 10.6 Å². The molecule has 0 unspecified atom stereocenters. The van der Waals surface area contributed by atoms with Crippen LogP contribution in [0.2, 0.25) is 0 Å². The Morgan fingerprint density at radius 1 is 0.885 bits per heavy atom. The Labute approximate surface area is 153 Å². The average molecular weight is 346 g/mol. The van der Waals surface area contributed by atoms with E-state index in [0.717, 1.165) is 28.1 Å². The van der Waals surface area contributed by atoms with Crippen molar-refractivity contribution in [3.63, 3.8) is 0 Å². The Balaban J connectivity index is 1.83. The number of nitrogens with zero attached hydrogens (tertiary/aromatic N) is 2. The van der Waals surface area contributed by atoms with Crippen LogP contribution in [0, 0.1) is 27.7 Å². The molecule has 1 heterocycles. The van der Waals surface area contributed by atoms with Gasteiger partial charge in [-0.15, -0.1) is 0 Å². The van der Waals surface area contributed by atoms with Crippen molar-refractivity contribution in [1.29, 1.82) is 0 Å². The van der Waals surface area contributed by atoms with Crippen LogP contribution in [-0.4, -0.2) is 15.9 Å². The third-order valence-corrected chi connectivity index (χ3v) is 4.46. The van der Waals surface area contributed by atoms with E-state index >= 15 is 0 Å². The largest absolute Gasteiger partial charge is 0.324 e. The maximum absolute atomic E-state index is 12.6. The standard InChI is InChI=1S/C21H22N4O/c1-13-7-6-10-17(16(13)4)23-21-22-12-11-18(24-21)20(26)25-19-14(2)8-5-9-15(19)3/h5-12H,1-4H3,(H,25,26)(H,22,23,24). The van der Waals surface area contributed by atoms with Crippen molar-refractivity contribution in [2.45, 2.75) is 27.7 Å². The molecule has 3 rings (SSSR count). The van der Waals surface area contributed by atoms with Crippen LogP contribution >= 0.6 is 0 Å². The maximum atomic E-state index is 12.6. The van der Waals surface area contributed by atoms with Crippen LogP contribution in [0.1, 0.15) is 32.7 Å². The van der Waals surface area contributed by atoms with Crippen LogP contribution in [0.5, 0.6) is 0 Å². The van der Waals surface area contributed by atoms with Gasteiger partial charge in [0.2, 0.25) is 5.95 Å². The zero-order valence-electron chi connectivity index (χ0n) is 15.4. The fourth-order valence-corrected chi connectivity index (χ4v) is 2.74. The second kappa shape index (κ2) is 7.35. The van der Waals surface area contributed by atoms with Gasteiger partial charge in [0.15, 0.2) is 0 Å². The van der Waals surface area contributed by atoms with E-state index in [1.165, 1.54) is 5.56 Å². The first-order valence-corrected chi connectivity index (χ1v) is 8.49. The molecule has 26 heavy (non-hydrogen) atoms. The van der Waals surface area contributed by atoms with Crippen LogP contribution in [-0.2, 0) is 0 Å². The van der Waals surface area contributed by atoms with E-state index in [1.807, 2.05) is 51.1 Å². The van der Waals surface area contributed by atoms with Crippen LogP contribution in [0.15, 0.2) is 48.7 Å². The first-order chi connectivity index (χ1) is 12.5. The molecule has 0 aliphatic heterocycles. The average Bonchev–Trinajstić information content (AvgIpc) is 2.62. The minimum Gasteiger partial charge on any atom is -0.324 e. The Morgan fingerprint density at radius 3 is 2.27 bits per heavy atom. The van der Waals surface area contributed by atoms with Crippen molar-refractivity contribution in [3.8, 4) is 0 Å². The van der Waals surface area contributed by atoms with Crippen LogP contribution < -0.4 is 10.6 Å². The van der Waals surface area contributed by atoms with E-state index in [9.17, 15) is 4.79 Å². The lowest BCUT2D eigenvalue weighted by Crippen LogP contribution is -2.16. The summed E-state index contributed by atoms with van der Waals surface area (Å²) in [6, 6.07) is 13.5. The number of para-hydroxylation sites is 1. The minimum absolute atomic E-state index is 0.256. The molecule has 0 atom stereocenters. The van der Waals surface area contributed by atoms with Gasteiger partial charge in [-0.2, -0.15) is 0 Å². The fourth-order valence-electron chi connectivity index (χ4n) is 2.74. The van der Waals surface area contributed by atoms with Crippen LogP contribution in [0.3, 0.4) is 0 Å². The number of aryl methyl sites for hydroxylation is 3. The lowest BCUT2D eigenvalue weighted by atomic mass is 10.1. The van der Waals surface area contributed by atoms with Gasteiger partial charge in [0.05, 0.1) is 0 Å². The summed E-state index contributed by atoms with van der Waals surface area (Å²) in [5.41, 5.74) is 6.40. The summed E-state index contributed by atoms with van der Waals surface area (Å²) < 4.78 is 0. The SMILES string of the molecule is Cc1cccc(Nc2nccc(C(=O)Nc3c(C)cccc3C)n2)c1C. The van der Waals surface area contributed by atoms with Gasteiger partial charge in [-0.3, -0.25) is 4.79 Å². The van der Waals surface area contributed by atoms with Gasteiger partial charge in [-0.05, 0) is 62.1 Å². The molecule has 0 fully saturated rings. The highest BCUT2D eigenvalue weighted by Gasteiger charge is 2.12. The molecule has 2 aromatic carbocycles. The first kappa shape index (κ1) is 17.6. The number of benzene rings is 2. The van der Waals surface area contributed by atoms with Gasteiger partial charge in [0.1, 0.15) is 5.69 Å². The maximum Gasteiger partial charge on any atom is 0.274 e. The summed E-state index contributed by atoms with van der Waals surface area (Å²) in [7, 11) is 0. The molecule has 1 amide bonds. The molecule has 0 bridgehead atoms. The molecule has 132 valence electrons. The van der Waals surface area contributed by atoms with Crippen molar-refractivity contribution in [1.82, 2.24) is 9.97 Å². The molecule has 5 heteroatoms. The van der Waals surface area contributed by atoms with Gasteiger partial charge in [0, 0.05) is 17.6 Å². The summed E-state index contributed by atoms with van der Waals surface area (Å²) in [5, 5.41) is 6.14. The molecule has 5 nitrogen and oxygen atoms in total. The topological polar surface area (TPSA) is 66.9 Å². The lowest BCUT2D eigenvalue weighted by Gasteiger charge is -2.12. The van der Waals surface area contributed by atoms with E-state index in [4.69, 9.17) is 0 Å². The number of amides is 1. The predicted molar refractivity (Wildman–Crippen MR) is 105 cm³/mol. The first-order valence-electron chi connectivity index (χ1n) is 8.49. The van der Waals surface area contributed by atoms with Crippen molar-refractivity contribution < 1.29 is 4.79 Å². The number of hydrogen-bond donors (Lipinski definition) is 2. The molecule has 0 spiro atoms. The molecule has 3 aromatic rings. The number of carbonyl (C=O) groups is 1. The quantitative estimate of drug-likeness (QED) is 0.718. The van der Waals surface area contributed by atoms with E-state index in [-0.39, 0.29) is 5.91 Å². The molecule has 0 radical (unpaired) electrons. The van der Waals surface area contributed by atoms with Crippen LogP contribution in [0.4, 0.5) is 17.3 Å². The van der Waals surface area contributed by atoms with Gasteiger partial charge in [-0.1, -0.05) is 30.3 Å². The molecule has 0 aliphatic rings. The molecule has 2 N–H and O–H groups in total. The zero-order valence-corrected chi connectivity index (χ0v) is 15.4. The minimum atomic E-state index is -0.256. The third-order valence-electron chi connectivity index (χ3n) is 4.46. The number of anilines is 3. The highest BCUT2D eigenvalue weighted by Crippen LogP contribution is 2.22. The summed E-state index contributed by atoms with van der Waals surface area (Å²) in [6.07, 6.45) is 1.58. The summed E-state index contributed by atoms with van der Waals surface area (Å²) in [6.45, 7) is 8.02. The van der Waals surface area contributed by atoms with E-state index in [2.05, 4.69) is 33.6 Å². The van der Waals surface area contributed by atoms with E-state index in [1.54, 1.807) is 12.3 Å². The Hall–Kier alpha value is -3.21. The van der Waals surface area contributed by atoms with E-state index < -0.39 is 0 Å². The summed E-state index contributed by atoms with van der Waals surface area (Å²) in [5.74, 6) is 0.140. The number of hydrogen-bond acceptors (Lipinski definition) is 4. The molecule has 0 saturated carbocycles. The Kier molecular flexibility index (Phi) is 4.98. The van der Waals surface area contributed by atoms with Gasteiger partial charge in [-0.25, -0.2) is 9.97 Å². The van der Waals surface area contributed by atoms with Crippen molar-refractivity contribution in [2.24, 2.45) is 0 Å². The molecular weight excluding hydrogens is 324 g/mol. The van der Waals surface area contributed by atoms with Gasteiger partial charge < -0.3 is 10.6 Å². The summed E-state index contributed by atoms with van der Waals surface area (Å²) >= 11 is 0. The summed E-state index contributed by atoms with van der Waals surface area (Å²) in [4.78, 5) is 21.2. The Bertz CT molecular complexity index is 946. The molecule has 0 saturated heterocycles. The second-order valence-electron chi connectivity index (χ2n) is 6.36. The monoisotopic (exact) mass is 346 g/mol. The number of nitrogens with one attached hydrogen (secondary N) is 2. The van der Waals surface area contributed by atoms with Crippen molar-refractivity contribution in [3.05, 3.63) is 76.6 Å². The second-order valence-corrected chi connectivity index (χ2v) is 6.36. The number of carbonyl (C=O) groups excluding carboxylic acids is 1. The number of aromatic nitrogens is 2. The van der Waals surface area contributed by atoms with Gasteiger partial charge >= 0.3 is 0 Å². The lowest BCUT2D eigenvalue weighted by molar-refractivity contribution is 0.102. The highest BCUT2D eigenvalue weighted by atomic mass is 16.1. The molecular formula is C21H22N4O. The van der Waals surface area contributed by atoms with Crippen molar-refractivity contribution >= 4 is 23.2 Å². The molecule has 1 aromatic heterocycles. The van der Waals surface area contributed by atoms with E-state index in [0.29, 0.717) is 11.6 Å². The highest BCUT2D eigenvalue weighted by molar-refractivity contribution is 6.03. The van der Waals surface area contributed by atoms with Crippen LogP contribution in [0.25, 0.3) is 0 Å². The molecule has 0 aliphatic carbocycles. The third kappa shape index (κ3) is 3.72. The Morgan fingerprint density at radius 2 is 1.54 bits per heavy atom. The zero-order chi connectivity index (χ0) is 18.7. The van der Waals surface area contributed by atoms with Gasteiger partial charge in [0.25, 0.3) is 5.91 Å². The number of rotatable bonds is 4. The smallest absolute Gasteiger partial charge is 0.274 e. The fraction of sp³-hybridized carbons (Fsp3) is 0.190. The predicted octanol–water partition coefficient (Wildman–Crippen LogP) is 4.71. The normalized spacial score (nSPS) is 10.5.